The fraction of sp³-hybridized carbons (Fsp3) is 0.857. The summed E-state index contributed by atoms with van der Waals surface area (Å²) in [6, 6.07) is 1.07. The molecule has 1 saturated heterocycles. The summed E-state index contributed by atoms with van der Waals surface area (Å²) in [5.41, 5.74) is 6.51. The quantitative estimate of drug-likeness (QED) is 0.729. The number of amides is 1. The molecule has 0 bridgehead atoms. The highest BCUT2D eigenvalue weighted by Gasteiger charge is 2.34. The van der Waals surface area contributed by atoms with Crippen molar-refractivity contribution >= 4 is 30.7 Å². The molecule has 1 atom stereocenters. The first-order chi connectivity index (χ1) is 13.5. The zero-order valence-electron chi connectivity index (χ0n) is 18.3. The molecule has 0 spiro atoms. The summed E-state index contributed by atoms with van der Waals surface area (Å²) in [5, 5.41) is 8.53. The first kappa shape index (κ1) is 25.4. The van der Waals surface area contributed by atoms with Gasteiger partial charge in [0.25, 0.3) is 5.91 Å². The van der Waals surface area contributed by atoms with Crippen LogP contribution in [-0.4, -0.2) is 69.0 Å². The van der Waals surface area contributed by atoms with E-state index in [0.29, 0.717) is 29.7 Å². The number of carbonyl (C=O) groups is 1. The Balaban J connectivity index is 0.00000160. The van der Waals surface area contributed by atoms with Crippen molar-refractivity contribution in [2.24, 2.45) is 17.6 Å². The van der Waals surface area contributed by atoms with E-state index in [1.165, 1.54) is 19.4 Å². The van der Waals surface area contributed by atoms with Crippen LogP contribution < -0.4 is 5.73 Å². The van der Waals surface area contributed by atoms with Crippen LogP contribution in [0.1, 0.15) is 75.3 Å². The lowest BCUT2D eigenvalue weighted by molar-refractivity contribution is 0.0698. The van der Waals surface area contributed by atoms with Crippen LogP contribution in [0.25, 0.3) is 0 Å². The largest absolute Gasteiger partial charge is 0.336 e. The van der Waals surface area contributed by atoms with Crippen LogP contribution in [0.5, 0.6) is 0 Å². The van der Waals surface area contributed by atoms with Crippen molar-refractivity contribution in [3.8, 4) is 0 Å². The monoisotopic (exact) mass is 460 g/mol. The van der Waals surface area contributed by atoms with Crippen LogP contribution in [0, 0.1) is 11.8 Å². The summed E-state index contributed by atoms with van der Waals surface area (Å²) in [5.74, 6) is 1.46. The highest BCUT2D eigenvalue weighted by atomic mass is 35.5. The maximum Gasteiger partial charge on any atom is 0.276 e. The van der Waals surface area contributed by atoms with Gasteiger partial charge in [0.05, 0.1) is 12.2 Å². The SMILES string of the molecule is CC(C)C1CN(C(=O)c2cn(C3CCC(N)CC3)nn2)CCCN1CC1CC1.Cl.Cl. The Hall–Kier alpha value is -0.890. The summed E-state index contributed by atoms with van der Waals surface area (Å²) < 4.78 is 1.90. The number of hydrogen-bond donors (Lipinski definition) is 1. The molecule has 1 amide bonds. The van der Waals surface area contributed by atoms with Gasteiger partial charge in [0.2, 0.25) is 0 Å². The van der Waals surface area contributed by atoms with Crippen molar-refractivity contribution in [3.05, 3.63) is 11.9 Å². The van der Waals surface area contributed by atoms with E-state index in [9.17, 15) is 4.79 Å². The van der Waals surface area contributed by atoms with Gasteiger partial charge in [0, 0.05) is 38.3 Å². The predicted octanol–water partition coefficient (Wildman–Crippen LogP) is 3.15. The summed E-state index contributed by atoms with van der Waals surface area (Å²) in [6.45, 7) is 8.47. The second kappa shape index (κ2) is 11.1. The molecule has 3 fully saturated rings. The molecule has 1 aromatic rings. The summed E-state index contributed by atoms with van der Waals surface area (Å²) in [7, 11) is 0. The number of aromatic nitrogens is 3. The van der Waals surface area contributed by atoms with Gasteiger partial charge in [-0.25, -0.2) is 4.68 Å². The van der Waals surface area contributed by atoms with Crippen molar-refractivity contribution in [2.45, 2.75) is 76.9 Å². The molecule has 1 aromatic heterocycles. The lowest BCUT2D eigenvalue weighted by Gasteiger charge is -2.34. The van der Waals surface area contributed by atoms with Gasteiger partial charge in [-0.3, -0.25) is 9.69 Å². The first-order valence-corrected chi connectivity index (χ1v) is 11.2. The molecule has 9 heteroatoms. The van der Waals surface area contributed by atoms with E-state index >= 15 is 0 Å². The van der Waals surface area contributed by atoms with Crippen molar-refractivity contribution in [2.75, 3.05) is 26.2 Å². The molecule has 0 aromatic carbocycles. The predicted molar refractivity (Wildman–Crippen MR) is 123 cm³/mol. The second-order valence-electron chi connectivity index (χ2n) is 9.51. The number of halogens is 2. The van der Waals surface area contributed by atoms with Crippen molar-refractivity contribution in [3.63, 3.8) is 0 Å². The van der Waals surface area contributed by atoms with Gasteiger partial charge in [-0.05, 0) is 56.8 Å². The molecule has 2 aliphatic carbocycles. The summed E-state index contributed by atoms with van der Waals surface area (Å²) in [4.78, 5) is 17.8. The molecule has 7 nitrogen and oxygen atoms in total. The van der Waals surface area contributed by atoms with E-state index in [-0.39, 0.29) is 30.7 Å². The first-order valence-electron chi connectivity index (χ1n) is 11.2. The average molecular weight is 461 g/mol. The highest BCUT2D eigenvalue weighted by Crippen LogP contribution is 2.32. The zero-order chi connectivity index (χ0) is 19.7. The van der Waals surface area contributed by atoms with E-state index < -0.39 is 0 Å². The molecule has 3 aliphatic rings. The number of nitrogens with two attached hydrogens (primary N) is 1. The topological polar surface area (TPSA) is 80.3 Å². The molecule has 30 heavy (non-hydrogen) atoms. The van der Waals surface area contributed by atoms with Gasteiger partial charge in [-0.15, -0.1) is 29.9 Å². The van der Waals surface area contributed by atoms with E-state index in [2.05, 4.69) is 29.1 Å². The summed E-state index contributed by atoms with van der Waals surface area (Å²) >= 11 is 0. The van der Waals surface area contributed by atoms with Crippen LogP contribution >= 0.6 is 24.8 Å². The average Bonchev–Trinajstić information content (AvgIpc) is 3.41. The molecule has 1 aliphatic heterocycles. The maximum atomic E-state index is 13.2. The minimum absolute atomic E-state index is 0. The zero-order valence-corrected chi connectivity index (χ0v) is 19.9. The maximum absolute atomic E-state index is 13.2. The van der Waals surface area contributed by atoms with Crippen LogP contribution in [0.2, 0.25) is 0 Å². The third-order valence-corrected chi connectivity index (χ3v) is 6.84. The minimum Gasteiger partial charge on any atom is -0.336 e. The molecular formula is C21H38Cl2N6O. The molecule has 2 heterocycles. The van der Waals surface area contributed by atoms with Crippen LogP contribution in [0.15, 0.2) is 6.20 Å². The molecule has 2 saturated carbocycles. The van der Waals surface area contributed by atoms with Crippen LogP contribution in [0.3, 0.4) is 0 Å². The van der Waals surface area contributed by atoms with Crippen LogP contribution in [-0.2, 0) is 0 Å². The smallest absolute Gasteiger partial charge is 0.276 e. The lowest BCUT2D eigenvalue weighted by Crippen LogP contribution is -2.46. The number of hydrogen-bond acceptors (Lipinski definition) is 5. The Morgan fingerprint density at radius 1 is 1.13 bits per heavy atom. The Bertz CT molecular complexity index is 672. The molecule has 0 radical (unpaired) electrons. The van der Waals surface area contributed by atoms with Gasteiger partial charge in [0.15, 0.2) is 5.69 Å². The minimum atomic E-state index is 0. The highest BCUT2D eigenvalue weighted by molar-refractivity contribution is 5.92. The molecule has 2 N–H and O–H groups in total. The van der Waals surface area contributed by atoms with Crippen molar-refractivity contribution in [1.29, 1.82) is 0 Å². The van der Waals surface area contributed by atoms with Gasteiger partial charge < -0.3 is 10.6 Å². The van der Waals surface area contributed by atoms with E-state index in [4.69, 9.17) is 5.73 Å². The van der Waals surface area contributed by atoms with Gasteiger partial charge in [-0.2, -0.15) is 0 Å². The van der Waals surface area contributed by atoms with Crippen LogP contribution in [0.4, 0.5) is 0 Å². The van der Waals surface area contributed by atoms with E-state index in [0.717, 1.165) is 57.7 Å². The number of carbonyl (C=O) groups excluding carboxylic acids is 1. The molecular weight excluding hydrogens is 423 g/mol. The Kier molecular flexibility index (Phi) is 9.40. The Morgan fingerprint density at radius 3 is 2.47 bits per heavy atom. The normalized spacial score (nSPS) is 27.9. The number of nitrogens with zero attached hydrogens (tertiary/aromatic N) is 5. The van der Waals surface area contributed by atoms with Gasteiger partial charge in [0.1, 0.15) is 0 Å². The Morgan fingerprint density at radius 2 is 1.83 bits per heavy atom. The molecule has 4 rings (SSSR count). The molecule has 1 unspecified atom stereocenters. The van der Waals surface area contributed by atoms with Gasteiger partial charge >= 0.3 is 0 Å². The standard InChI is InChI=1S/C21H36N6O.2ClH/c1-15(2)20-14-26(11-3-10-25(20)12-16-4-5-16)21(28)19-13-27(24-23-19)18-8-6-17(22)7-9-18;;/h13,15-18,20H,3-12,14,22H2,1-2H3;2*1H. The molecule has 172 valence electrons. The fourth-order valence-electron chi connectivity index (χ4n) is 4.82. The van der Waals surface area contributed by atoms with E-state index in [1.54, 1.807) is 0 Å². The third kappa shape index (κ3) is 6.09. The van der Waals surface area contributed by atoms with Crippen molar-refractivity contribution in [1.82, 2.24) is 24.8 Å². The fourth-order valence-corrected chi connectivity index (χ4v) is 4.82. The third-order valence-electron chi connectivity index (χ3n) is 6.84. The van der Waals surface area contributed by atoms with Crippen molar-refractivity contribution < 1.29 is 4.79 Å². The van der Waals surface area contributed by atoms with E-state index in [1.807, 2.05) is 15.8 Å². The second-order valence-corrected chi connectivity index (χ2v) is 9.51. The van der Waals surface area contributed by atoms with Gasteiger partial charge in [-0.1, -0.05) is 19.1 Å². The Labute approximate surface area is 192 Å². The lowest BCUT2D eigenvalue weighted by atomic mass is 9.92. The summed E-state index contributed by atoms with van der Waals surface area (Å²) in [6.07, 6.45) is 9.73. The number of rotatable bonds is 5.